The number of nitrogens with one attached hydrogen (secondary N) is 1. The molecule has 1 amide bonds. The van der Waals surface area contributed by atoms with E-state index in [4.69, 9.17) is 4.74 Å². The van der Waals surface area contributed by atoms with E-state index in [2.05, 4.69) is 34.6 Å². The highest BCUT2D eigenvalue weighted by atomic mass is 16.5. The van der Waals surface area contributed by atoms with Gasteiger partial charge >= 0.3 is 0 Å². The molecule has 2 aromatic rings. The van der Waals surface area contributed by atoms with Gasteiger partial charge in [-0.15, -0.1) is 10.2 Å². The highest BCUT2D eigenvalue weighted by Crippen LogP contribution is 2.11. The summed E-state index contributed by atoms with van der Waals surface area (Å²) in [6, 6.07) is 9.54. The molecule has 0 aliphatic carbocycles. The molecule has 0 fully saturated rings. The Morgan fingerprint density at radius 1 is 1.30 bits per heavy atom. The van der Waals surface area contributed by atoms with Crippen molar-refractivity contribution in [1.29, 1.82) is 0 Å². The van der Waals surface area contributed by atoms with Crippen molar-refractivity contribution in [3.05, 3.63) is 30.3 Å². The smallest absolute Gasteiger partial charge is 0.243 e. The summed E-state index contributed by atoms with van der Waals surface area (Å²) in [5.74, 6) is 0.910. The molecule has 0 saturated heterocycles. The lowest BCUT2D eigenvalue weighted by Gasteiger charge is -2.07. The molecule has 0 spiro atoms. The SMILES string of the molecule is CC(C)COCCCNC(=O)Cn1nnc(-c2ccccc2)n1. The summed E-state index contributed by atoms with van der Waals surface area (Å²) in [5.41, 5.74) is 0.876. The van der Waals surface area contributed by atoms with Gasteiger partial charge in [-0.05, 0) is 17.6 Å². The Labute approximate surface area is 136 Å². The molecule has 0 radical (unpaired) electrons. The molecule has 1 N–H and O–H groups in total. The number of rotatable bonds is 9. The van der Waals surface area contributed by atoms with E-state index in [1.54, 1.807) is 0 Å². The molecule has 0 bridgehead atoms. The van der Waals surface area contributed by atoms with Gasteiger partial charge in [0.05, 0.1) is 0 Å². The quantitative estimate of drug-likeness (QED) is 0.709. The van der Waals surface area contributed by atoms with Crippen LogP contribution < -0.4 is 5.32 Å². The van der Waals surface area contributed by atoms with E-state index in [9.17, 15) is 4.79 Å². The fourth-order valence-electron chi connectivity index (χ4n) is 1.92. The number of amides is 1. The number of carbonyl (C=O) groups excluding carboxylic acids is 1. The summed E-state index contributed by atoms with van der Waals surface area (Å²) in [6.07, 6.45) is 0.790. The standard InChI is InChI=1S/C16H23N5O2/c1-13(2)12-23-10-6-9-17-15(22)11-21-19-16(18-20-21)14-7-4-3-5-8-14/h3-5,7-8,13H,6,9-12H2,1-2H3,(H,17,22). The second kappa shape index (κ2) is 8.99. The molecule has 7 heteroatoms. The normalized spacial score (nSPS) is 10.9. The molecule has 124 valence electrons. The van der Waals surface area contributed by atoms with Gasteiger partial charge in [0, 0.05) is 25.3 Å². The van der Waals surface area contributed by atoms with Crippen molar-refractivity contribution in [1.82, 2.24) is 25.5 Å². The topological polar surface area (TPSA) is 81.9 Å². The zero-order chi connectivity index (χ0) is 16.5. The van der Waals surface area contributed by atoms with Crippen LogP contribution in [-0.4, -0.2) is 45.9 Å². The van der Waals surface area contributed by atoms with Gasteiger partial charge in [-0.2, -0.15) is 4.80 Å². The van der Waals surface area contributed by atoms with Gasteiger partial charge in [0.15, 0.2) is 0 Å². The van der Waals surface area contributed by atoms with Crippen molar-refractivity contribution in [2.24, 2.45) is 5.92 Å². The molecule has 1 aromatic heterocycles. The Kier molecular flexibility index (Phi) is 6.68. The predicted octanol–water partition coefficient (Wildman–Crippen LogP) is 1.52. The van der Waals surface area contributed by atoms with E-state index in [0.29, 0.717) is 24.9 Å². The Hall–Kier alpha value is -2.28. The summed E-state index contributed by atoms with van der Waals surface area (Å²) in [6.45, 7) is 6.26. The first-order valence-electron chi connectivity index (χ1n) is 7.83. The number of tetrazole rings is 1. The van der Waals surface area contributed by atoms with Crippen LogP contribution in [0.25, 0.3) is 11.4 Å². The fourth-order valence-corrected chi connectivity index (χ4v) is 1.92. The first-order chi connectivity index (χ1) is 11.1. The summed E-state index contributed by atoms with van der Waals surface area (Å²) in [5, 5.41) is 14.9. The van der Waals surface area contributed by atoms with Crippen LogP contribution in [0.15, 0.2) is 30.3 Å². The Morgan fingerprint density at radius 2 is 2.09 bits per heavy atom. The minimum atomic E-state index is -0.133. The van der Waals surface area contributed by atoms with E-state index in [0.717, 1.165) is 18.6 Å². The zero-order valence-corrected chi connectivity index (χ0v) is 13.6. The van der Waals surface area contributed by atoms with Crippen LogP contribution in [0, 0.1) is 5.92 Å². The van der Waals surface area contributed by atoms with Crippen molar-refractivity contribution in [3.63, 3.8) is 0 Å². The highest BCUT2D eigenvalue weighted by Gasteiger charge is 2.08. The number of hydrogen-bond donors (Lipinski definition) is 1. The molecule has 1 aromatic carbocycles. The van der Waals surface area contributed by atoms with Gasteiger partial charge in [0.25, 0.3) is 0 Å². The van der Waals surface area contributed by atoms with E-state index in [1.807, 2.05) is 30.3 Å². The number of hydrogen-bond acceptors (Lipinski definition) is 5. The van der Waals surface area contributed by atoms with Gasteiger partial charge in [-0.25, -0.2) is 0 Å². The van der Waals surface area contributed by atoms with Crippen molar-refractivity contribution in [2.45, 2.75) is 26.8 Å². The third-order valence-electron chi connectivity index (χ3n) is 3.01. The molecule has 0 unspecified atom stereocenters. The lowest BCUT2D eigenvalue weighted by molar-refractivity contribution is -0.122. The molecule has 2 rings (SSSR count). The van der Waals surface area contributed by atoms with E-state index >= 15 is 0 Å². The molecular formula is C16H23N5O2. The summed E-state index contributed by atoms with van der Waals surface area (Å²) in [4.78, 5) is 13.1. The molecule has 23 heavy (non-hydrogen) atoms. The van der Waals surface area contributed by atoms with Crippen LogP contribution in [0.1, 0.15) is 20.3 Å². The second-order valence-corrected chi connectivity index (χ2v) is 5.68. The van der Waals surface area contributed by atoms with Crippen LogP contribution in [0.2, 0.25) is 0 Å². The third-order valence-corrected chi connectivity index (χ3v) is 3.01. The number of nitrogens with zero attached hydrogens (tertiary/aromatic N) is 4. The predicted molar refractivity (Wildman–Crippen MR) is 86.5 cm³/mol. The molecule has 0 aliphatic rings. The number of carbonyl (C=O) groups is 1. The largest absolute Gasteiger partial charge is 0.381 e. The number of benzene rings is 1. The molecule has 0 atom stereocenters. The monoisotopic (exact) mass is 317 g/mol. The van der Waals surface area contributed by atoms with E-state index in [-0.39, 0.29) is 12.5 Å². The Morgan fingerprint density at radius 3 is 2.83 bits per heavy atom. The van der Waals surface area contributed by atoms with Crippen LogP contribution in [0.5, 0.6) is 0 Å². The Balaban J connectivity index is 1.69. The Bertz CT molecular complexity index is 598. The molecule has 7 nitrogen and oxygen atoms in total. The summed E-state index contributed by atoms with van der Waals surface area (Å²) < 4.78 is 5.46. The van der Waals surface area contributed by atoms with Crippen LogP contribution in [0.3, 0.4) is 0 Å². The fraction of sp³-hybridized carbons (Fsp3) is 0.500. The highest BCUT2D eigenvalue weighted by molar-refractivity contribution is 5.75. The lowest BCUT2D eigenvalue weighted by atomic mass is 10.2. The van der Waals surface area contributed by atoms with Gasteiger partial charge in [0.1, 0.15) is 6.54 Å². The van der Waals surface area contributed by atoms with Crippen LogP contribution in [0.4, 0.5) is 0 Å². The molecule has 1 heterocycles. The van der Waals surface area contributed by atoms with Crippen molar-refractivity contribution >= 4 is 5.91 Å². The van der Waals surface area contributed by atoms with Crippen LogP contribution >= 0.6 is 0 Å². The first-order valence-corrected chi connectivity index (χ1v) is 7.83. The average molecular weight is 317 g/mol. The maximum atomic E-state index is 11.8. The minimum absolute atomic E-state index is 0.0622. The molecule has 0 aliphatic heterocycles. The zero-order valence-electron chi connectivity index (χ0n) is 13.6. The van der Waals surface area contributed by atoms with Crippen LogP contribution in [-0.2, 0) is 16.1 Å². The third kappa shape index (κ3) is 6.15. The second-order valence-electron chi connectivity index (χ2n) is 5.68. The maximum absolute atomic E-state index is 11.8. The van der Waals surface area contributed by atoms with Gasteiger partial charge in [-0.3, -0.25) is 4.79 Å². The average Bonchev–Trinajstić information content (AvgIpc) is 3.00. The molecular weight excluding hydrogens is 294 g/mol. The van der Waals surface area contributed by atoms with Crippen molar-refractivity contribution in [3.8, 4) is 11.4 Å². The van der Waals surface area contributed by atoms with E-state index < -0.39 is 0 Å². The molecule has 0 saturated carbocycles. The van der Waals surface area contributed by atoms with Gasteiger partial charge in [0.2, 0.25) is 11.7 Å². The van der Waals surface area contributed by atoms with Gasteiger partial charge in [-0.1, -0.05) is 44.2 Å². The minimum Gasteiger partial charge on any atom is -0.381 e. The van der Waals surface area contributed by atoms with Gasteiger partial charge < -0.3 is 10.1 Å². The van der Waals surface area contributed by atoms with Crippen molar-refractivity contribution in [2.75, 3.05) is 19.8 Å². The lowest BCUT2D eigenvalue weighted by Crippen LogP contribution is -2.30. The van der Waals surface area contributed by atoms with Crippen molar-refractivity contribution < 1.29 is 9.53 Å². The first kappa shape index (κ1) is 17.1. The summed E-state index contributed by atoms with van der Waals surface area (Å²) >= 11 is 0. The summed E-state index contributed by atoms with van der Waals surface area (Å²) in [7, 11) is 0. The van der Waals surface area contributed by atoms with E-state index in [1.165, 1.54) is 4.80 Å². The maximum Gasteiger partial charge on any atom is 0.243 e. The number of aromatic nitrogens is 4. The number of ether oxygens (including phenoxy) is 1.